The van der Waals surface area contributed by atoms with Crippen molar-refractivity contribution in [1.29, 1.82) is 0 Å². The quantitative estimate of drug-likeness (QED) is 0.470. The van der Waals surface area contributed by atoms with Crippen LogP contribution in [0.15, 0.2) is 53.9 Å². The Hall–Kier alpha value is -3.12. The molecular formula is C24H23N3O2S. The summed E-state index contributed by atoms with van der Waals surface area (Å²) in [5.41, 5.74) is 5.22. The normalized spacial score (nSPS) is 13.5. The lowest BCUT2D eigenvalue weighted by Gasteiger charge is -2.28. The van der Waals surface area contributed by atoms with Crippen LogP contribution in [0.25, 0.3) is 21.6 Å². The molecule has 5 nitrogen and oxygen atoms in total. The van der Waals surface area contributed by atoms with E-state index in [1.54, 1.807) is 7.11 Å². The number of hydrogen-bond acceptors (Lipinski definition) is 4. The van der Waals surface area contributed by atoms with Gasteiger partial charge in [0.25, 0.3) is 5.91 Å². The Morgan fingerprint density at radius 3 is 2.87 bits per heavy atom. The van der Waals surface area contributed by atoms with E-state index < -0.39 is 0 Å². The van der Waals surface area contributed by atoms with Crippen LogP contribution in [0.2, 0.25) is 0 Å². The van der Waals surface area contributed by atoms with Crippen LogP contribution in [0, 0.1) is 0 Å². The van der Waals surface area contributed by atoms with Crippen molar-refractivity contribution in [3.63, 3.8) is 0 Å². The number of hydrogen-bond donors (Lipinski definition) is 0. The van der Waals surface area contributed by atoms with Gasteiger partial charge < -0.3 is 14.2 Å². The van der Waals surface area contributed by atoms with Gasteiger partial charge in [0.2, 0.25) is 0 Å². The number of rotatable bonds is 4. The zero-order chi connectivity index (χ0) is 20.7. The number of para-hydroxylation sites is 1. The van der Waals surface area contributed by atoms with Crippen LogP contribution in [-0.4, -0.2) is 34.0 Å². The van der Waals surface area contributed by atoms with Gasteiger partial charge in [0.15, 0.2) is 0 Å². The third kappa shape index (κ3) is 3.17. The third-order valence-electron chi connectivity index (χ3n) is 5.78. The lowest BCUT2D eigenvalue weighted by atomic mass is 9.99. The first-order chi connectivity index (χ1) is 14.7. The minimum atomic E-state index is -0.00173. The molecule has 1 aliphatic heterocycles. The number of methoxy groups -OCH3 is 1. The third-order valence-corrected chi connectivity index (χ3v) is 6.65. The highest BCUT2D eigenvalue weighted by molar-refractivity contribution is 7.13. The Balaban J connectivity index is 1.41. The lowest BCUT2D eigenvalue weighted by Crippen LogP contribution is -2.36. The van der Waals surface area contributed by atoms with Gasteiger partial charge in [-0.25, -0.2) is 4.98 Å². The van der Waals surface area contributed by atoms with E-state index in [9.17, 15) is 4.79 Å². The Labute approximate surface area is 179 Å². The van der Waals surface area contributed by atoms with E-state index in [1.165, 1.54) is 33.4 Å². The minimum absolute atomic E-state index is 0.00173. The molecule has 2 aromatic heterocycles. The van der Waals surface area contributed by atoms with Crippen LogP contribution in [0.3, 0.4) is 0 Å². The molecule has 0 saturated carbocycles. The molecule has 0 bridgehead atoms. The fraction of sp³-hybridized carbons (Fsp3) is 0.250. The Bertz CT molecular complexity index is 1240. The van der Waals surface area contributed by atoms with Crippen LogP contribution in [0.5, 0.6) is 5.75 Å². The summed E-state index contributed by atoms with van der Waals surface area (Å²) in [6, 6.07) is 16.6. The van der Waals surface area contributed by atoms with Gasteiger partial charge in [0.1, 0.15) is 16.5 Å². The number of amides is 1. The van der Waals surface area contributed by atoms with Crippen molar-refractivity contribution in [1.82, 2.24) is 14.5 Å². The summed E-state index contributed by atoms with van der Waals surface area (Å²) in [5.74, 6) is 0.863. The van der Waals surface area contributed by atoms with E-state index in [4.69, 9.17) is 9.72 Å². The Kier molecular flexibility index (Phi) is 4.79. The number of benzene rings is 2. The fourth-order valence-electron chi connectivity index (χ4n) is 4.21. The molecule has 0 aliphatic carbocycles. The Morgan fingerprint density at radius 1 is 1.17 bits per heavy atom. The predicted octanol–water partition coefficient (Wildman–Crippen LogP) is 4.99. The number of thiazole rings is 1. The number of carbonyl (C=O) groups excluding carboxylic acids is 1. The molecule has 0 atom stereocenters. The van der Waals surface area contributed by atoms with Crippen molar-refractivity contribution < 1.29 is 9.53 Å². The molecule has 3 heterocycles. The molecule has 0 unspecified atom stereocenters. The van der Waals surface area contributed by atoms with E-state index in [1.807, 2.05) is 22.4 Å². The standard InChI is InChI=1S/C24H23N3O2S/c1-3-27-21-7-5-4-6-17(21)13-22(27)23-25-20(15-30-23)24(28)26-11-10-16-12-19(29-2)9-8-18(16)14-26/h4-9,12-13,15H,3,10-11,14H2,1-2H3. The van der Waals surface area contributed by atoms with E-state index in [0.29, 0.717) is 18.8 Å². The molecule has 0 saturated heterocycles. The molecule has 1 amide bonds. The highest BCUT2D eigenvalue weighted by Gasteiger charge is 2.24. The van der Waals surface area contributed by atoms with E-state index in [-0.39, 0.29) is 5.91 Å². The fourth-order valence-corrected chi connectivity index (χ4v) is 5.03. The first-order valence-electron chi connectivity index (χ1n) is 10.2. The molecule has 4 aromatic rings. The second kappa shape index (κ2) is 7.61. The summed E-state index contributed by atoms with van der Waals surface area (Å²) < 4.78 is 7.58. The summed E-state index contributed by atoms with van der Waals surface area (Å²) in [7, 11) is 1.68. The predicted molar refractivity (Wildman–Crippen MR) is 120 cm³/mol. The van der Waals surface area contributed by atoms with Gasteiger partial charge in [-0.2, -0.15) is 0 Å². The first kappa shape index (κ1) is 18.9. The van der Waals surface area contributed by atoms with E-state index in [2.05, 4.69) is 47.9 Å². The minimum Gasteiger partial charge on any atom is -0.497 e. The van der Waals surface area contributed by atoms with Gasteiger partial charge >= 0.3 is 0 Å². The van der Waals surface area contributed by atoms with Gasteiger partial charge in [0.05, 0.1) is 12.8 Å². The van der Waals surface area contributed by atoms with E-state index in [0.717, 1.165) is 29.4 Å². The number of ether oxygens (including phenoxy) is 1. The van der Waals surface area contributed by atoms with Crippen molar-refractivity contribution in [3.05, 3.63) is 70.7 Å². The van der Waals surface area contributed by atoms with Gasteiger partial charge in [-0.1, -0.05) is 24.3 Å². The summed E-state index contributed by atoms with van der Waals surface area (Å²) in [6.45, 7) is 4.30. The van der Waals surface area contributed by atoms with Crippen molar-refractivity contribution in [2.24, 2.45) is 0 Å². The zero-order valence-electron chi connectivity index (χ0n) is 17.1. The molecule has 5 rings (SSSR count). The van der Waals surface area contributed by atoms with E-state index >= 15 is 0 Å². The highest BCUT2D eigenvalue weighted by Crippen LogP contribution is 2.31. The number of nitrogens with zero attached hydrogens (tertiary/aromatic N) is 3. The maximum absolute atomic E-state index is 13.1. The highest BCUT2D eigenvalue weighted by atomic mass is 32.1. The molecule has 0 N–H and O–H groups in total. The average Bonchev–Trinajstić information content (AvgIpc) is 3.42. The zero-order valence-corrected chi connectivity index (χ0v) is 17.9. The smallest absolute Gasteiger partial charge is 0.273 e. The second-order valence-corrected chi connectivity index (χ2v) is 8.34. The molecule has 2 aromatic carbocycles. The van der Waals surface area contributed by atoms with Gasteiger partial charge in [-0.3, -0.25) is 4.79 Å². The average molecular weight is 418 g/mol. The number of carbonyl (C=O) groups is 1. The van der Waals surface area contributed by atoms with Crippen LogP contribution in [-0.2, 0) is 19.5 Å². The number of fused-ring (bicyclic) bond motifs is 2. The number of aryl methyl sites for hydroxylation is 1. The largest absolute Gasteiger partial charge is 0.497 e. The summed E-state index contributed by atoms with van der Waals surface area (Å²) in [4.78, 5) is 19.8. The van der Waals surface area contributed by atoms with Crippen molar-refractivity contribution >= 4 is 28.1 Å². The maximum atomic E-state index is 13.1. The SMILES string of the molecule is CCn1c(-c2nc(C(=O)N3CCc4cc(OC)ccc4C3)cs2)cc2ccccc21. The second-order valence-electron chi connectivity index (χ2n) is 7.48. The van der Waals surface area contributed by atoms with Crippen LogP contribution >= 0.6 is 11.3 Å². The molecule has 0 radical (unpaired) electrons. The van der Waals surface area contributed by atoms with Crippen molar-refractivity contribution in [2.45, 2.75) is 26.4 Å². The monoisotopic (exact) mass is 417 g/mol. The first-order valence-corrected chi connectivity index (χ1v) is 11.0. The van der Waals surface area contributed by atoms with Crippen molar-refractivity contribution in [3.8, 4) is 16.5 Å². The molecular weight excluding hydrogens is 394 g/mol. The molecule has 0 spiro atoms. The van der Waals surface area contributed by atoms with Gasteiger partial charge in [0, 0.05) is 35.9 Å². The van der Waals surface area contributed by atoms with Crippen LogP contribution in [0.1, 0.15) is 28.5 Å². The number of aromatic nitrogens is 2. The van der Waals surface area contributed by atoms with Crippen LogP contribution in [0.4, 0.5) is 0 Å². The topological polar surface area (TPSA) is 47.4 Å². The lowest BCUT2D eigenvalue weighted by molar-refractivity contribution is 0.0729. The molecule has 0 fully saturated rings. The Morgan fingerprint density at radius 2 is 2.03 bits per heavy atom. The molecule has 152 valence electrons. The van der Waals surface area contributed by atoms with Gasteiger partial charge in [-0.05, 0) is 48.7 Å². The molecule has 30 heavy (non-hydrogen) atoms. The maximum Gasteiger partial charge on any atom is 0.273 e. The summed E-state index contributed by atoms with van der Waals surface area (Å²) in [5, 5.41) is 3.97. The van der Waals surface area contributed by atoms with Gasteiger partial charge in [-0.15, -0.1) is 11.3 Å². The van der Waals surface area contributed by atoms with Crippen molar-refractivity contribution in [2.75, 3.05) is 13.7 Å². The molecule has 1 aliphatic rings. The summed E-state index contributed by atoms with van der Waals surface area (Å²) >= 11 is 1.53. The van der Waals surface area contributed by atoms with Crippen LogP contribution < -0.4 is 4.74 Å². The molecule has 6 heteroatoms. The summed E-state index contributed by atoms with van der Waals surface area (Å²) in [6.07, 6.45) is 0.833.